The maximum atomic E-state index is 12.3. The Morgan fingerprint density at radius 2 is 1.95 bits per heavy atom. The minimum atomic E-state index is -3.43. The van der Waals surface area contributed by atoms with Crippen LogP contribution in [-0.4, -0.2) is 34.4 Å². The molecule has 1 heterocycles. The van der Waals surface area contributed by atoms with Gasteiger partial charge in [-0.15, -0.1) is 0 Å². The molecule has 0 radical (unpaired) electrons. The zero-order chi connectivity index (χ0) is 13.3. The van der Waals surface area contributed by atoms with E-state index in [2.05, 4.69) is 15.5 Å². The molecule has 0 bridgehead atoms. The minimum Gasteiger partial charge on any atom is -0.220 e. The van der Waals surface area contributed by atoms with E-state index in [9.17, 15) is 8.42 Å². The van der Waals surface area contributed by atoms with Crippen LogP contribution in [0.25, 0.3) is 5.69 Å². The fourth-order valence-electron chi connectivity index (χ4n) is 2.15. The molecular formula is C12H14N4O2S. The summed E-state index contributed by atoms with van der Waals surface area (Å²) in [5.41, 5.74) is 0.652. The SMILES string of the molecule is O=S(=O)(CC1CCC1)c1nnnn1-c1ccccc1. The molecule has 1 aromatic heterocycles. The molecule has 0 amide bonds. The maximum absolute atomic E-state index is 12.3. The van der Waals surface area contributed by atoms with Crippen molar-refractivity contribution in [3.63, 3.8) is 0 Å². The average Bonchev–Trinajstić information content (AvgIpc) is 2.85. The molecule has 0 aliphatic heterocycles. The van der Waals surface area contributed by atoms with Crippen LogP contribution in [0, 0.1) is 5.92 Å². The van der Waals surface area contributed by atoms with Crippen LogP contribution in [0.2, 0.25) is 0 Å². The summed E-state index contributed by atoms with van der Waals surface area (Å²) in [5.74, 6) is 0.395. The number of nitrogens with zero attached hydrogens (tertiary/aromatic N) is 4. The molecule has 0 N–H and O–H groups in total. The lowest BCUT2D eigenvalue weighted by atomic mass is 9.87. The highest BCUT2D eigenvalue weighted by atomic mass is 32.2. The van der Waals surface area contributed by atoms with Gasteiger partial charge in [0, 0.05) is 0 Å². The first-order chi connectivity index (χ1) is 9.17. The zero-order valence-electron chi connectivity index (χ0n) is 10.3. The summed E-state index contributed by atoms with van der Waals surface area (Å²) in [6.45, 7) is 0. The Morgan fingerprint density at radius 1 is 1.21 bits per heavy atom. The summed E-state index contributed by atoms with van der Waals surface area (Å²) in [7, 11) is -3.43. The molecule has 2 aromatic rings. The van der Waals surface area contributed by atoms with Gasteiger partial charge in [-0.05, 0) is 41.3 Å². The quantitative estimate of drug-likeness (QED) is 0.840. The molecule has 0 spiro atoms. The van der Waals surface area contributed by atoms with Crippen molar-refractivity contribution in [3.8, 4) is 5.69 Å². The first kappa shape index (κ1) is 12.3. The summed E-state index contributed by atoms with van der Waals surface area (Å²) in [5, 5.41) is 10.9. The largest absolute Gasteiger partial charge is 0.272 e. The van der Waals surface area contributed by atoms with Crippen LogP contribution >= 0.6 is 0 Å². The Morgan fingerprint density at radius 3 is 2.58 bits per heavy atom. The van der Waals surface area contributed by atoms with Crippen LogP contribution in [0.5, 0.6) is 0 Å². The van der Waals surface area contributed by atoms with E-state index < -0.39 is 9.84 Å². The second-order valence-corrected chi connectivity index (χ2v) is 6.72. The Bertz CT molecular complexity index is 662. The molecule has 0 saturated heterocycles. The molecule has 1 aliphatic rings. The monoisotopic (exact) mass is 278 g/mol. The van der Waals surface area contributed by atoms with Gasteiger partial charge in [0.05, 0.1) is 11.4 Å². The summed E-state index contributed by atoms with van der Waals surface area (Å²) in [6.07, 6.45) is 3.07. The van der Waals surface area contributed by atoms with E-state index >= 15 is 0 Å². The summed E-state index contributed by atoms with van der Waals surface area (Å²) >= 11 is 0. The van der Waals surface area contributed by atoms with Crippen molar-refractivity contribution < 1.29 is 8.42 Å². The molecule has 3 rings (SSSR count). The summed E-state index contributed by atoms with van der Waals surface area (Å²) in [4.78, 5) is 0. The molecule has 100 valence electrons. The number of hydrogen-bond acceptors (Lipinski definition) is 5. The number of tetrazole rings is 1. The van der Waals surface area contributed by atoms with E-state index in [1.54, 1.807) is 12.1 Å². The van der Waals surface area contributed by atoms with Crippen molar-refractivity contribution in [2.45, 2.75) is 24.4 Å². The number of para-hydroxylation sites is 1. The lowest BCUT2D eigenvalue weighted by molar-refractivity contribution is 0.346. The highest BCUT2D eigenvalue weighted by Gasteiger charge is 2.30. The van der Waals surface area contributed by atoms with E-state index in [-0.39, 0.29) is 16.8 Å². The molecule has 19 heavy (non-hydrogen) atoms. The fraction of sp³-hybridized carbons (Fsp3) is 0.417. The Balaban J connectivity index is 1.95. The number of rotatable bonds is 4. The number of hydrogen-bond donors (Lipinski definition) is 0. The molecule has 0 unspecified atom stereocenters. The smallest absolute Gasteiger partial charge is 0.220 e. The van der Waals surface area contributed by atoms with E-state index in [0.29, 0.717) is 5.69 Å². The molecule has 7 heteroatoms. The number of benzene rings is 1. The van der Waals surface area contributed by atoms with Crippen molar-refractivity contribution in [1.82, 2.24) is 20.2 Å². The topological polar surface area (TPSA) is 77.7 Å². The normalized spacial score (nSPS) is 16.2. The van der Waals surface area contributed by atoms with Crippen LogP contribution in [0.3, 0.4) is 0 Å². The average molecular weight is 278 g/mol. The van der Waals surface area contributed by atoms with Gasteiger partial charge in [-0.1, -0.05) is 29.7 Å². The van der Waals surface area contributed by atoms with Crippen LogP contribution in [0.1, 0.15) is 19.3 Å². The second-order valence-electron chi connectivity index (χ2n) is 4.79. The Labute approximate surface area is 111 Å². The van der Waals surface area contributed by atoms with E-state index in [1.807, 2.05) is 18.2 Å². The second kappa shape index (κ2) is 4.73. The van der Waals surface area contributed by atoms with Crippen molar-refractivity contribution in [1.29, 1.82) is 0 Å². The highest BCUT2D eigenvalue weighted by Crippen LogP contribution is 2.29. The third-order valence-electron chi connectivity index (χ3n) is 3.40. The van der Waals surface area contributed by atoms with Gasteiger partial charge in [0.15, 0.2) is 0 Å². The first-order valence-electron chi connectivity index (χ1n) is 6.23. The van der Waals surface area contributed by atoms with Crippen molar-refractivity contribution in [2.24, 2.45) is 5.92 Å². The van der Waals surface area contributed by atoms with Crippen LogP contribution in [-0.2, 0) is 9.84 Å². The predicted molar refractivity (Wildman–Crippen MR) is 68.5 cm³/mol. The molecular weight excluding hydrogens is 264 g/mol. The van der Waals surface area contributed by atoms with Gasteiger partial charge in [0.25, 0.3) is 5.16 Å². The maximum Gasteiger partial charge on any atom is 0.272 e. The minimum absolute atomic E-state index is 0.0643. The lowest BCUT2D eigenvalue weighted by Crippen LogP contribution is -2.24. The van der Waals surface area contributed by atoms with Crippen LogP contribution in [0.4, 0.5) is 0 Å². The first-order valence-corrected chi connectivity index (χ1v) is 7.88. The molecule has 0 atom stereocenters. The van der Waals surface area contributed by atoms with Gasteiger partial charge in [-0.25, -0.2) is 8.42 Å². The lowest BCUT2D eigenvalue weighted by Gasteiger charge is -2.24. The van der Waals surface area contributed by atoms with Crippen molar-refractivity contribution >= 4 is 9.84 Å². The van der Waals surface area contributed by atoms with Crippen LogP contribution in [0.15, 0.2) is 35.5 Å². The van der Waals surface area contributed by atoms with Crippen molar-refractivity contribution in [3.05, 3.63) is 30.3 Å². The third-order valence-corrected chi connectivity index (χ3v) is 5.12. The zero-order valence-corrected chi connectivity index (χ0v) is 11.1. The van der Waals surface area contributed by atoms with E-state index in [1.165, 1.54) is 4.68 Å². The Hall–Kier alpha value is -1.76. The fourth-order valence-corrected chi connectivity index (χ4v) is 3.82. The van der Waals surface area contributed by atoms with Gasteiger partial charge in [-0.3, -0.25) is 0 Å². The summed E-state index contributed by atoms with van der Waals surface area (Å²) < 4.78 is 25.9. The van der Waals surface area contributed by atoms with E-state index in [0.717, 1.165) is 19.3 Å². The molecule has 6 nitrogen and oxygen atoms in total. The van der Waals surface area contributed by atoms with Crippen molar-refractivity contribution in [2.75, 3.05) is 5.75 Å². The number of aromatic nitrogens is 4. The van der Waals surface area contributed by atoms with Gasteiger partial charge in [0.2, 0.25) is 9.84 Å². The standard InChI is InChI=1S/C12H14N4O2S/c17-19(18,9-10-5-4-6-10)12-13-14-15-16(12)11-7-2-1-3-8-11/h1-3,7-8,10H,4-6,9H2. The van der Waals surface area contributed by atoms with Gasteiger partial charge in [0.1, 0.15) is 0 Å². The number of sulfone groups is 1. The molecule has 1 aromatic carbocycles. The molecule has 1 saturated carbocycles. The van der Waals surface area contributed by atoms with Gasteiger partial charge >= 0.3 is 0 Å². The van der Waals surface area contributed by atoms with E-state index in [4.69, 9.17) is 0 Å². The van der Waals surface area contributed by atoms with Gasteiger partial charge in [-0.2, -0.15) is 4.68 Å². The molecule has 1 aliphatic carbocycles. The predicted octanol–water partition coefficient (Wildman–Crippen LogP) is 1.24. The van der Waals surface area contributed by atoms with Gasteiger partial charge < -0.3 is 0 Å². The summed E-state index contributed by atoms with van der Waals surface area (Å²) in [6, 6.07) is 9.05. The molecule has 1 fully saturated rings. The Kier molecular flexibility index (Phi) is 3.06. The van der Waals surface area contributed by atoms with Crippen LogP contribution < -0.4 is 0 Å². The third kappa shape index (κ3) is 2.37. The highest BCUT2D eigenvalue weighted by molar-refractivity contribution is 7.91.